The van der Waals surface area contributed by atoms with Crippen LogP contribution in [0.2, 0.25) is 0 Å². The lowest BCUT2D eigenvalue weighted by molar-refractivity contribution is -0.141. The summed E-state index contributed by atoms with van der Waals surface area (Å²) in [5, 5.41) is 11.3. The smallest absolute Gasteiger partial charge is 0.308 e. The van der Waals surface area contributed by atoms with Crippen molar-refractivity contribution < 1.29 is 24.2 Å². The van der Waals surface area contributed by atoms with Crippen LogP contribution in [0.1, 0.15) is 13.3 Å². The van der Waals surface area contributed by atoms with Gasteiger partial charge in [-0.15, -0.1) is 0 Å². The van der Waals surface area contributed by atoms with Crippen molar-refractivity contribution in [2.75, 3.05) is 19.8 Å². The zero-order valence-corrected chi connectivity index (χ0v) is 9.06. The third-order valence-corrected chi connectivity index (χ3v) is 2.22. The van der Waals surface area contributed by atoms with Gasteiger partial charge in [0.05, 0.1) is 5.92 Å². The Morgan fingerprint density at radius 3 is 2.81 bits per heavy atom. The Morgan fingerprint density at radius 1 is 1.56 bits per heavy atom. The molecule has 16 heavy (non-hydrogen) atoms. The Labute approximate surface area is 93.2 Å². The number of carbonyl (C=O) groups is 2. The van der Waals surface area contributed by atoms with E-state index in [1.165, 1.54) is 6.26 Å². The standard InChI is InChI=1S/C10H15NO5/c1-2-7(10(13)14)5-11-9(12)8-6-15-3-4-16-8/h6-7H,2-5H2,1H3,(H,11,12)(H,13,14). The SMILES string of the molecule is CCC(CNC(=O)C1=COCCO1)C(=O)O. The Hall–Kier alpha value is -1.72. The number of carboxylic acid groups (broad SMARTS) is 1. The summed E-state index contributed by atoms with van der Waals surface area (Å²) in [6.07, 6.45) is 1.70. The van der Waals surface area contributed by atoms with E-state index in [9.17, 15) is 9.59 Å². The third kappa shape index (κ3) is 3.45. The molecule has 1 unspecified atom stereocenters. The summed E-state index contributed by atoms with van der Waals surface area (Å²) < 4.78 is 9.96. The largest absolute Gasteiger partial charge is 0.494 e. The first-order valence-electron chi connectivity index (χ1n) is 5.10. The van der Waals surface area contributed by atoms with E-state index in [2.05, 4.69) is 5.32 Å². The van der Waals surface area contributed by atoms with Gasteiger partial charge in [0.1, 0.15) is 19.5 Å². The number of carboxylic acids is 1. The fourth-order valence-corrected chi connectivity index (χ4v) is 1.20. The number of ether oxygens (including phenoxy) is 2. The summed E-state index contributed by atoms with van der Waals surface area (Å²) in [6.45, 7) is 2.59. The Kier molecular flexibility index (Phi) is 4.63. The van der Waals surface area contributed by atoms with Gasteiger partial charge in [0.25, 0.3) is 5.91 Å². The van der Waals surface area contributed by atoms with Gasteiger partial charge in [-0.25, -0.2) is 0 Å². The van der Waals surface area contributed by atoms with E-state index < -0.39 is 17.8 Å². The molecule has 0 saturated heterocycles. The van der Waals surface area contributed by atoms with Crippen LogP contribution in [0, 0.1) is 5.92 Å². The van der Waals surface area contributed by atoms with Crippen LogP contribution in [0.15, 0.2) is 12.0 Å². The molecule has 0 aromatic rings. The van der Waals surface area contributed by atoms with Crippen molar-refractivity contribution in [1.82, 2.24) is 5.32 Å². The number of carbonyl (C=O) groups excluding carboxylic acids is 1. The number of hydrogen-bond donors (Lipinski definition) is 2. The van der Waals surface area contributed by atoms with Crippen molar-refractivity contribution in [2.45, 2.75) is 13.3 Å². The average molecular weight is 229 g/mol. The van der Waals surface area contributed by atoms with Gasteiger partial charge in [-0.05, 0) is 6.42 Å². The minimum absolute atomic E-state index is 0.0887. The average Bonchev–Trinajstić information content (AvgIpc) is 2.30. The number of amides is 1. The first kappa shape index (κ1) is 12.4. The normalized spacial score (nSPS) is 16.4. The molecule has 0 fully saturated rings. The maximum atomic E-state index is 11.5. The zero-order chi connectivity index (χ0) is 12.0. The van der Waals surface area contributed by atoms with Gasteiger partial charge in [-0.2, -0.15) is 0 Å². The second-order valence-electron chi connectivity index (χ2n) is 3.35. The van der Waals surface area contributed by atoms with Gasteiger partial charge in [0.2, 0.25) is 5.76 Å². The van der Waals surface area contributed by atoms with Gasteiger partial charge < -0.3 is 19.9 Å². The maximum Gasteiger partial charge on any atom is 0.308 e. The van der Waals surface area contributed by atoms with Crippen molar-refractivity contribution in [3.63, 3.8) is 0 Å². The fourth-order valence-electron chi connectivity index (χ4n) is 1.20. The van der Waals surface area contributed by atoms with Gasteiger partial charge in [0, 0.05) is 6.54 Å². The van der Waals surface area contributed by atoms with Crippen LogP contribution in [-0.4, -0.2) is 36.7 Å². The van der Waals surface area contributed by atoms with Crippen LogP contribution in [0.3, 0.4) is 0 Å². The van der Waals surface area contributed by atoms with Crippen molar-refractivity contribution in [1.29, 1.82) is 0 Å². The highest BCUT2D eigenvalue weighted by Gasteiger charge is 2.19. The number of aliphatic carboxylic acids is 1. The summed E-state index contributed by atoms with van der Waals surface area (Å²) in [7, 11) is 0. The molecule has 0 spiro atoms. The van der Waals surface area contributed by atoms with E-state index >= 15 is 0 Å². The lowest BCUT2D eigenvalue weighted by atomic mass is 10.1. The molecule has 0 aliphatic carbocycles. The molecular formula is C10H15NO5. The van der Waals surface area contributed by atoms with Gasteiger partial charge in [-0.3, -0.25) is 9.59 Å². The van der Waals surface area contributed by atoms with Gasteiger partial charge >= 0.3 is 5.97 Å². The summed E-state index contributed by atoms with van der Waals surface area (Å²) in [5.41, 5.74) is 0. The Bertz CT molecular complexity index is 300. The molecule has 6 heteroatoms. The molecule has 1 atom stereocenters. The molecule has 1 heterocycles. The van der Waals surface area contributed by atoms with E-state index in [-0.39, 0.29) is 12.3 Å². The first-order chi connectivity index (χ1) is 7.65. The minimum atomic E-state index is -0.919. The summed E-state index contributed by atoms with van der Waals surface area (Å²) in [4.78, 5) is 22.2. The molecule has 0 radical (unpaired) electrons. The van der Waals surface area contributed by atoms with Crippen LogP contribution in [0.25, 0.3) is 0 Å². The maximum absolute atomic E-state index is 11.5. The summed E-state index contributed by atoms with van der Waals surface area (Å²) in [5.74, 6) is -1.85. The van der Waals surface area contributed by atoms with Crippen LogP contribution in [0.5, 0.6) is 0 Å². The molecule has 0 bridgehead atoms. The topological polar surface area (TPSA) is 84.9 Å². The number of hydrogen-bond acceptors (Lipinski definition) is 4. The highest BCUT2D eigenvalue weighted by molar-refractivity contribution is 5.91. The van der Waals surface area contributed by atoms with Gasteiger partial charge in [-0.1, -0.05) is 6.92 Å². The molecular weight excluding hydrogens is 214 g/mol. The zero-order valence-electron chi connectivity index (χ0n) is 9.06. The van der Waals surface area contributed by atoms with E-state index in [0.29, 0.717) is 19.6 Å². The number of nitrogens with one attached hydrogen (secondary N) is 1. The molecule has 90 valence electrons. The van der Waals surface area contributed by atoms with Crippen molar-refractivity contribution >= 4 is 11.9 Å². The lowest BCUT2D eigenvalue weighted by Crippen LogP contribution is -2.34. The molecule has 1 aliphatic rings. The van der Waals surface area contributed by atoms with Crippen molar-refractivity contribution in [3.8, 4) is 0 Å². The second-order valence-corrected chi connectivity index (χ2v) is 3.35. The highest BCUT2D eigenvalue weighted by Crippen LogP contribution is 2.05. The molecule has 0 aromatic carbocycles. The van der Waals surface area contributed by atoms with Crippen molar-refractivity contribution in [2.24, 2.45) is 5.92 Å². The minimum Gasteiger partial charge on any atom is -0.494 e. The third-order valence-electron chi connectivity index (χ3n) is 2.22. The van der Waals surface area contributed by atoms with E-state index in [1.807, 2.05) is 0 Å². The Morgan fingerprint density at radius 2 is 2.31 bits per heavy atom. The molecule has 2 N–H and O–H groups in total. The molecule has 1 rings (SSSR count). The van der Waals surface area contributed by atoms with E-state index in [1.54, 1.807) is 6.92 Å². The van der Waals surface area contributed by atoms with E-state index in [4.69, 9.17) is 14.6 Å². The summed E-state index contributed by atoms with van der Waals surface area (Å²) in [6, 6.07) is 0. The molecule has 0 aromatic heterocycles. The quantitative estimate of drug-likeness (QED) is 0.698. The molecule has 6 nitrogen and oxygen atoms in total. The van der Waals surface area contributed by atoms with E-state index in [0.717, 1.165) is 0 Å². The monoisotopic (exact) mass is 229 g/mol. The van der Waals surface area contributed by atoms with Crippen molar-refractivity contribution in [3.05, 3.63) is 12.0 Å². The molecule has 1 aliphatic heterocycles. The fraction of sp³-hybridized carbons (Fsp3) is 0.600. The highest BCUT2D eigenvalue weighted by atomic mass is 16.6. The van der Waals surface area contributed by atoms with Crippen LogP contribution >= 0.6 is 0 Å². The lowest BCUT2D eigenvalue weighted by Gasteiger charge is -2.16. The van der Waals surface area contributed by atoms with Crippen LogP contribution in [0.4, 0.5) is 0 Å². The molecule has 0 saturated carbocycles. The first-order valence-corrected chi connectivity index (χ1v) is 5.10. The molecule has 1 amide bonds. The van der Waals surface area contributed by atoms with Crippen LogP contribution < -0.4 is 5.32 Å². The summed E-state index contributed by atoms with van der Waals surface area (Å²) >= 11 is 0. The van der Waals surface area contributed by atoms with Crippen LogP contribution in [-0.2, 0) is 19.1 Å². The second kappa shape index (κ2) is 5.99. The number of rotatable bonds is 5. The predicted octanol–water partition coefficient (Wildman–Crippen LogP) is 0.102. The Balaban J connectivity index is 2.39. The van der Waals surface area contributed by atoms with Gasteiger partial charge in [0.15, 0.2) is 0 Å². The predicted molar refractivity (Wildman–Crippen MR) is 54.4 cm³/mol.